The second-order valence-corrected chi connectivity index (χ2v) is 2.46. The van der Waals surface area contributed by atoms with Crippen molar-refractivity contribution in [2.24, 2.45) is 0 Å². The molecule has 1 saturated heterocycles. The van der Waals surface area contributed by atoms with Gasteiger partial charge in [0.15, 0.2) is 6.29 Å². The highest BCUT2D eigenvalue weighted by atomic mass is 16.6. The summed E-state index contributed by atoms with van der Waals surface area (Å²) in [5.74, 6) is 0. The molecule has 3 N–H and O–H groups in total. The maximum Gasteiger partial charge on any atom is 0.155 e. The van der Waals surface area contributed by atoms with Crippen molar-refractivity contribution in [3.05, 3.63) is 0 Å². The summed E-state index contributed by atoms with van der Waals surface area (Å²) in [5, 5.41) is 26.6. The topological polar surface area (TPSA) is 69.9 Å². The summed E-state index contributed by atoms with van der Waals surface area (Å²) in [5.41, 5.74) is 0. The van der Waals surface area contributed by atoms with Crippen LogP contribution in [-0.4, -0.2) is 40.4 Å². The van der Waals surface area contributed by atoms with Crippen molar-refractivity contribution in [1.82, 2.24) is 0 Å². The molecule has 1 aliphatic rings. The van der Waals surface area contributed by atoms with Gasteiger partial charge in [-0.15, -0.1) is 0 Å². The molecule has 4 heteroatoms. The molecular formula is C6H12O4. The first kappa shape index (κ1) is 7.94. The van der Waals surface area contributed by atoms with Crippen LogP contribution in [0.2, 0.25) is 0 Å². The van der Waals surface area contributed by atoms with Crippen molar-refractivity contribution in [1.29, 1.82) is 0 Å². The molecule has 0 radical (unpaired) electrons. The van der Waals surface area contributed by atoms with E-state index in [4.69, 9.17) is 20.1 Å². The number of rotatable bonds is 1. The molecule has 10 heavy (non-hydrogen) atoms. The first-order valence-corrected chi connectivity index (χ1v) is 3.36. The molecule has 0 aliphatic carbocycles. The van der Waals surface area contributed by atoms with Gasteiger partial charge in [-0.2, -0.15) is 0 Å². The van der Waals surface area contributed by atoms with Crippen LogP contribution in [-0.2, 0) is 4.74 Å². The molecule has 0 spiro atoms. The minimum atomic E-state index is -0.819. The zero-order chi connectivity index (χ0) is 7.56. The van der Waals surface area contributed by atoms with Gasteiger partial charge in [-0.05, 0) is 6.42 Å². The molecular weight excluding hydrogens is 136 g/mol. The van der Waals surface area contributed by atoms with Gasteiger partial charge in [0, 0.05) is 6.42 Å². The fraction of sp³-hybridized carbons (Fsp3) is 1.00. The predicted molar refractivity (Wildman–Crippen MR) is 33.2 cm³/mol. The Bertz CT molecular complexity index is 106. The maximum atomic E-state index is 9.09. The summed E-state index contributed by atoms with van der Waals surface area (Å²) < 4.78 is 4.80. The van der Waals surface area contributed by atoms with E-state index in [-0.39, 0.29) is 6.61 Å². The molecule has 0 unspecified atom stereocenters. The molecule has 1 fully saturated rings. The second kappa shape index (κ2) is 3.30. The first-order chi connectivity index (χ1) is 4.74. The lowest BCUT2D eigenvalue weighted by Gasteiger charge is -2.29. The molecule has 3 atom stereocenters. The highest BCUT2D eigenvalue weighted by Gasteiger charge is 2.27. The molecule has 0 saturated carbocycles. The van der Waals surface area contributed by atoms with Crippen LogP contribution in [0, 0.1) is 0 Å². The van der Waals surface area contributed by atoms with E-state index in [0.29, 0.717) is 12.8 Å². The molecule has 0 aromatic heterocycles. The van der Waals surface area contributed by atoms with Crippen LogP contribution in [0.15, 0.2) is 0 Å². The summed E-state index contributed by atoms with van der Waals surface area (Å²) in [6.45, 7) is -0.238. The molecule has 4 nitrogen and oxygen atoms in total. The van der Waals surface area contributed by atoms with Crippen molar-refractivity contribution in [3.8, 4) is 0 Å². The minimum absolute atomic E-state index is 0.238. The fourth-order valence-corrected chi connectivity index (χ4v) is 1.02. The van der Waals surface area contributed by atoms with Crippen molar-refractivity contribution in [2.45, 2.75) is 31.3 Å². The SMILES string of the molecule is OC[C@H]1O[C@@H](O)CC[C@@H]1O. The number of aliphatic hydroxyl groups is 3. The molecule has 1 rings (SSSR count). The number of aliphatic hydroxyl groups excluding tert-OH is 3. The number of hydrogen-bond donors (Lipinski definition) is 3. The van der Waals surface area contributed by atoms with E-state index in [0.717, 1.165) is 0 Å². The Morgan fingerprint density at radius 1 is 1.30 bits per heavy atom. The third-order valence-corrected chi connectivity index (χ3v) is 1.65. The second-order valence-electron chi connectivity index (χ2n) is 2.46. The Labute approximate surface area is 59.1 Å². The van der Waals surface area contributed by atoms with Crippen LogP contribution < -0.4 is 0 Å². The smallest absolute Gasteiger partial charge is 0.155 e. The van der Waals surface area contributed by atoms with E-state index < -0.39 is 18.5 Å². The summed E-state index contributed by atoms with van der Waals surface area (Å²) >= 11 is 0. The first-order valence-electron chi connectivity index (χ1n) is 3.36. The minimum Gasteiger partial charge on any atom is -0.394 e. The van der Waals surface area contributed by atoms with Crippen LogP contribution in [0.1, 0.15) is 12.8 Å². The van der Waals surface area contributed by atoms with Crippen molar-refractivity contribution >= 4 is 0 Å². The van der Waals surface area contributed by atoms with Gasteiger partial charge in [0.1, 0.15) is 6.10 Å². The van der Waals surface area contributed by atoms with Crippen molar-refractivity contribution < 1.29 is 20.1 Å². The molecule has 1 aliphatic heterocycles. The molecule has 0 aromatic carbocycles. The third kappa shape index (κ3) is 1.67. The Hall–Kier alpha value is -0.160. The van der Waals surface area contributed by atoms with E-state index in [1.54, 1.807) is 0 Å². The molecule has 1 heterocycles. The Kier molecular flexibility index (Phi) is 2.62. The van der Waals surface area contributed by atoms with E-state index >= 15 is 0 Å². The van der Waals surface area contributed by atoms with E-state index in [2.05, 4.69) is 0 Å². The van der Waals surface area contributed by atoms with Gasteiger partial charge in [0.2, 0.25) is 0 Å². The van der Waals surface area contributed by atoms with Crippen LogP contribution in [0.5, 0.6) is 0 Å². The number of ether oxygens (including phenoxy) is 1. The summed E-state index contributed by atoms with van der Waals surface area (Å²) in [4.78, 5) is 0. The Balaban J connectivity index is 2.38. The Morgan fingerprint density at radius 2 is 2.00 bits per heavy atom. The van der Waals surface area contributed by atoms with Gasteiger partial charge in [-0.3, -0.25) is 0 Å². The van der Waals surface area contributed by atoms with E-state index in [9.17, 15) is 0 Å². The van der Waals surface area contributed by atoms with Crippen LogP contribution in [0.3, 0.4) is 0 Å². The van der Waals surface area contributed by atoms with Crippen molar-refractivity contribution in [3.63, 3.8) is 0 Å². The number of hydrogen-bond acceptors (Lipinski definition) is 4. The standard InChI is InChI=1S/C6H12O4/c7-3-5-4(8)1-2-6(9)10-5/h4-9H,1-3H2/t4-,5+,6+/m0/s1. The third-order valence-electron chi connectivity index (χ3n) is 1.65. The average molecular weight is 148 g/mol. The van der Waals surface area contributed by atoms with Gasteiger partial charge < -0.3 is 20.1 Å². The molecule has 60 valence electrons. The Morgan fingerprint density at radius 3 is 2.50 bits per heavy atom. The molecule has 0 aromatic rings. The van der Waals surface area contributed by atoms with Gasteiger partial charge in [-0.1, -0.05) is 0 Å². The van der Waals surface area contributed by atoms with E-state index in [1.807, 2.05) is 0 Å². The average Bonchev–Trinajstić information content (AvgIpc) is 1.94. The lowest BCUT2D eigenvalue weighted by atomic mass is 10.1. The monoisotopic (exact) mass is 148 g/mol. The zero-order valence-electron chi connectivity index (χ0n) is 5.60. The van der Waals surface area contributed by atoms with Crippen LogP contribution in [0.25, 0.3) is 0 Å². The largest absolute Gasteiger partial charge is 0.394 e. The summed E-state index contributed by atoms with van der Waals surface area (Å²) in [6, 6.07) is 0. The van der Waals surface area contributed by atoms with Gasteiger partial charge in [0.05, 0.1) is 12.7 Å². The summed E-state index contributed by atoms with van der Waals surface area (Å²) in [7, 11) is 0. The van der Waals surface area contributed by atoms with Crippen molar-refractivity contribution in [2.75, 3.05) is 6.61 Å². The normalized spacial score (nSPS) is 41.7. The van der Waals surface area contributed by atoms with E-state index in [1.165, 1.54) is 0 Å². The molecule has 0 amide bonds. The van der Waals surface area contributed by atoms with Gasteiger partial charge in [-0.25, -0.2) is 0 Å². The van der Waals surface area contributed by atoms with Gasteiger partial charge >= 0.3 is 0 Å². The zero-order valence-corrected chi connectivity index (χ0v) is 5.60. The highest BCUT2D eigenvalue weighted by Crippen LogP contribution is 2.17. The van der Waals surface area contributed by atoms with Crippen LogP contribution >= 0.6 is 0 Å². The lowest BCUT2D eigenvalue weighted by molar-refractivity contribution is -0.207. The predicted octanol–water partition coefficient (Wildman–Crippen LogP) is -1.16. The lowest BCUT2D eigenvalue weighted by Crippen LogP contribution is -2.40. The fourth-order valence-electron chi connectivity index (χ4n) is 1.02. The molecule has 0 bridgehead atoms. The quantitative estimate of drug-likeness (QED) is 0.438. The van der Waals surface area contributed by atoms with Crippen LogP contribution in [0.4, 0.5) is 0 Å². The highest BCUT2D eigenvalue weighted by molar-refractivity contribution is 4.73. The summed E-state index contributed by atoms with van der Waals surface area (Å²) in [6.07, 6.45) is -1.12. The van der Waals surface area contributed by atoms with Gasteiger partial charge in [0.25, 0.3) is 0 Å². The maximum absolute atomic E-state index is 9.09.